The first-order chi connectivity index (χ1) is 11.5. The number of methoxy groups -OCH3 is 1. The lowest BCUT2D eigenvalue weighted by atomic mass is 10.0. The van der Waals surface area contributed by atoms with Crippen molar-refractivity contribution in [2.24, 2.45) is 0 Å². The van der Waals surface area contributed by atoms with Crippen molar-refractivity contribution in [1.82, 2.24) is 4.90 Å². The number of amides is 1. The van der Waals surface area contributed by atoms with Crippen LogP contribution in [0.15, 0.2) is 48.5 Å². The Hall–Kier alpha value is -2.33. The number of hydrogen-bond acceptors (Lipinski definition) is 3. The highest BCUT2D eigenvalue weighted by atomic mass is 16.5. The van der Waals surface area contributed by atoms with Crippen molar-refractivity contribution in [1.29, 1.82) is 0 Å². The monoisotopic (exact) mass is 326 g/mol. The van der Waals surface area contributed by atoms with Gasteiger partial charge in [-0.05, 0) is 42.3 Å². The zero-order chi connectivity index (χ0) is 17.5. The van der Waals surface area contributed by atoms with Gasteiger partial charge in [0, 0.05) is 12.2 Å². The van der Waals surface area contributed by atoms with Crippen LogP contribution in [0.1, 0.15) is 30.9 Å². The standard InChI is InChI=1S/C20H26N2O2/c1-15(2)18-7-5-6-8-19(18)21-20(23)14-22(3)13-16-9-11-17(24-4)12-10-16/h5-12,15H,13-14H2,1-4H3,(H,21,23). The molecule has 0 atom stereocenters. The molecule has 1 amide bonds. The van der Waals surface area contributed by atoms with Crippen molar-refractivity contribution >= 4 is 11.6 Å². The minimum absolute atomic E-state index is 0.000823. The minimum Gasteiger partial charge on any atom is -0.497 e. The lowest BCUT2D eigenvalue weighted by molar-refractivity contribution is -0.117. The molecule has 0 radical (unpaired) electrons. The molecule has 0 saturated carbocycles. The molecule has 0 fully saturated rings. The lowest BCUT2D eigenvalue weighted by Crippen LogP contribution is -2.30. The normalized spacial score (nSPS) is 10.9. The molecule has 2 rings (SSSR count). The first kappa shape index (κ1) is 18.0. The number of carbonyl (C=O) groups excluding carboxylic acids is 1. The maximum absolute atomic E-state index is 12.3. The van der Waals surface area contributed by atoms with Crippen molar-refractivity contribution in [2.45, 2.75) is 26.3 Å². The predicted octanol–water partition coefficient (Wildman–Crippen LogP) is 3.89. The Morgan fingerprint density at radius 3 is 2.42 bits per heavy atom. The Balaban J connectivity index is 1.92. The number of para-hydroxylation sites is 1. The molecule has 4 heteroatoms. The molecule has 0 spiro atoms. The first-order valence-electron chi connectivity index (χ1n) is 8.20. The van der Waals surface area contributed by atoms with E-state index >= 15 is 0 Å². The fourth-order valence-electron chi connectivity index (χ4n) is 2.65. The third kappa shape index (κ3) is 5.10. The average molecular weight is 326 g/mol. The molecule has 2 aromatic carbocycles. The molecule has 0 aliphatic rings. The molecule has 2 aromatic rings. The Labute approximate surface area is 144 Å². The van der Waals surface area contributed by atoms with E-state index in [4.69, 9.17) is 4.74 Å². The third-order valence-electron chi connectivity index (χ3n) is 3.88. The fraction of sp³-hybridized carbons (Fsp3) is 0.350. The first-order valence-corrected chi connectivity index (χ1v) is 8.20. The summed E-state index contributed by atoms with van der Waals surface area (Å²) < 4.78 is 5.16. The number of rotatable bonds is 7. The molecule has 0 aromatic heterocycles. The van der Waals surface area contributed by atoms with Gasteiger partial charge in [-0.1, -0.05) is 44.2 Å². The highest BCUT2D eigenvalue weighted by molar-refractivity contribution is 5.93. The van der Waals surface area contributed by atoms with E-state index in [1.54, 1.807) is 7.11 Å². The van der Waals surface area contributed by atoms with Gasteiger partial charge in [-0.3, -0.25) is 9.69 Å². The summed E-state index contributed by atoms with van der Waals surface area (Å²) in [5, 5.41) is 3.03. The van der Waals surface area contributed by atoms with Gasteiger partial charge in [0.1, 0.15) is 5.75 Å². The number of anilines is 1. The molecular formula is C20H26N2O2. The van der Waals surface area contributed by atoms with Crippen LogP contribution < -0.4 is 10.1 Å². The highest BCUT2D eigenvalue weighted by Gasteiger charge is 2.11. The second-order valence-electron chi connectivity index (χ2n) is 6.31. The zero-order valence-corrected chi connectivity index (χ0v) is 14.9. The van der Waals surface area contributed by atoms with Crippen LogP contribution in [0.2, 0.25) is 0 Å². The smallest absolute Gasteiger partial charge is 0.238 e. The minimum atomic E-state index is -0.000823. The van der Waals surface area contributed by atoms with Crippen LogP contribution in [-0.2, 0) is 11.3 Å². The summed E-state index contributed by atoms with van der Waals surface area (Å²) in [4.78, 5) is 14.3. The number of benzene rings is 2. The number of hydrogen-bond donors (Lipinski definition) is 1. The van der Waals surface area contributed by atoms with E-state index in [9.17, 15) is 4.79 Å². The van der Waals surface area contributed by atoms with Gasteiger partial charge < -0.3 is 10.1 Å². The number of likely N-dealkylation sites (N-methyl/N-ethyl adjacent to an activating group) is 1. The van der Waals surface area contributed by atoms with E-state index in [-0.39, 0.29) is 5.91 Å². The predicted molar refractivity (Wildman–Crippen MR) is 98.5 cm³/mol. The molecule has 0 unspecified atom stereocenters. The molecule has 4 nitrogen and oxygen atoms in total. The number of nitrogens with one attached hydrogen (secondary N) is 1. The topological polar surface area (TPSA) is 41.6 Å². The summed E-state index contributed by atoms with van der Waals surface area (Å²) >= 11 is 0. The molecule has 128 valence electrons. The second kappa shape index (κ2) is 8.50. The van der Waals surface area contributed by atoms with E-state index in [1.807, 2.05) is 54.4 Å². The molecule has 1 N–H and O–H groups in total. The number of carbonyl (C=O) groups is 1. The summed E-state index contributed by atoms with van der Waals surface area (Å²) in [6.45, 7) is 5.31. The summed E-state index contributed by atoms with van der Waals surface area (Å²) in [5.74, 6) is 1.21. The second-order valence-corrected chi connectivity index (χ2v) is 6.31. The summed E-state index contributed by atoms with van der Waals surface area (Å²) in [7, 11) is 3.60. The Morgan fingerprint density at radius 1 is 1.12 bits per heavy atom. The molecule has 0 bridgehead atoms. The zero-order valence-electron chi connectivity index (χ0n) is 14.9. The average Bonchev–Trinajstić information content (AvgIpc) is 2.55. The van der Waals surface area contributed by atoms with Crippen molar-refractivity contribution in [3.05, 3.63) is 59.7 Å². The molecule has 0 heterocycles. The maximum atomic E-state index is 12.3. The van der Waals surface area contributed by atoms with E-state index < -0.39 is 0 Å². The van der Waals surface area contributed by atoms with Gasteiger partial charge in [-0.15, -0.1) is 0 Å². The Bertz CT molecular complexity index is 666. The van der Waals surface area contributed by atoms with Crippen molar-refractivity contribution < 1.29 is 9.53 Å². The molecule has 0 saturated heterocycles. The van der Waals surface area contributed by atoms with Crippen LogP contribution in [0.4, 0.5) is 5.69 Å². The number of ether oxygens (including phenoxy) is 1. The Morgan fingerprint density at radius 2 is 1.79 bits per heavy atom. The van der Waals surface area contributed by atoms with Crippen LogP contribution in [-0.4, -0.2) is 31.5 Å². The Kier molecular flexibility index (Phi) is 6.38. The van der Waals surface area contributed by atoms with Crippen LogP contribution in [0, 0.1) is 0 Å². The highest BCUT2D eigenvalue weighted by Crippen LogP contribution is 2.23. The summed E-state index contributed by atoms with van der Waals surface area (Å²) in [6, 6.07) is 15.9. The summed E-state index contributed by atoms with van der Waals surface area (Å²) in [5.41, 5.74) is 3.20. The summed E-state index contributed by atoms with van der Waals surface area (Å²) in [6.07, 6.45) is 0. The van der Waals surface area contributed by atoms with Crippen LogP contribution in [0.3, 0.4) is 0 Å². The number of nitrogens with zero attached hydrogens (tertiary/aromatic N) is 1. The van der Waals surface area contributed by atoms with Gasteiger partial charge in [-0.2, -0.15) is 0 Å². The van der Waals surface area contributed by atoms with Crippen molar-refractivity contribution in [3.63, 3.8) is 0 Å². The van der Waals surface area contributed by atoms with Gasteiger partial charge in [0.15, 0.2) is 0 Å². The van der Waals surface area contributed by atoms with Gasteiger partial charge in [0.05, 0.1) is 13.7 Å². The van der Waals surface area contributed by atoms with Gasteiger partial charge in [0.25, 0.3) is 0 Å². The third-order valence-corrected chi connectivity index (χ3v) is 3.88. The SMILES string of the molecule is COc1ccc(CN(C)CC(=O)Nc2ccccc2C(C)C)cc1. The van der Waals surface area contributed by atoms with Crippen molar-refractivity contribution in [3.8, 4) is 5.75 Å². The molecule has 0 aliphatic heterocycles. The van der Waals surface area contributed by atoms with E-state index in [0.29, 0.717) is 19.0 Å². The lowest BCUT2D eigenvalue weighted by Gasteiger charge is -2.18. The van der Waals surface area contributed by atoms with E-state index in [1.165, 1.54) is 0 Å². The molecule has 24 heavy (non-hydrogen) atoms. The van der Waals surface area contributed by atoms with Gasteiger partial charge in [0.2, 0.25) is 5.91 Å². The van der Waals surface area contributed by atoms with E-state index in [0.717, 1.165) is 22.6 Å². The van der Waals surface area contributed by atoms with Gasteiger partial charge in [-0.25, -0.2) is 0 Å². The molecular weight excluding hydrogens is 300 g/mol. The largest absolute Gasteiger partial charge is 0.497 e. The van der Waals surface area contributed by atoms with E-state index in [2.05, 4.69) is 25.2 Å². The fourth-order valence-corrected chi connectivity index (χ4v) is 2.65. The van der Waals surface area contributed by atoms with Gasteiger partial charge >= 0.3 is 0 Å². The van der Waals surface area contributed by atoms with Crippen LogP contribution in [0.25, 0.3) is 0 Å². The van der Waals surface area contributed by atoms with Crippen molar-refractivity contribution in [2.75, 3.05) is 26.0 Å². The quantitative estimate of drug-likeness (QED) is 0.839. The van der Waals surface area contributed by atoms with Crippen LogP contribution in [0.5, 0.6) is 5.75 Å². The molecule has 0 aliphatic carbocycles. The maximum Gasteiger partial charge on any atom is 0.238 e. The van der Waals surface area contributed by atoms with Crippen LogP contribution >= 0.6 is 0 Å².